The minimum absolute atomic E-state index is 0.190. The molecule has 0 aliphatic heterocycles. The molecule has 3 rings (SSSR count). The van der Waals surface area contributed by atoms with Gasteiger partial charge in [0.25, 0.3) is 0 Å². The number of nitrogens with one attached hydrogen (secondary N) is 1. The number of nitrogens with zero attached hydrogens (tertiary/aromatic N) is 1. The van der Waals surface area contributed by atoms with Crippen molar-refractivity contribution in [1.29, 1.82) is 0 Å². The van der Waals surface area contributed by atoms with Gasteiger partial charge in [-0.1, -0.05) is 11.6 Å². The third-order valence-corrected chi connectivity index (χ3v) is 4.15. The Hall–Kier alpha value is -2.86. The van der Waals surface area contributed by atoms with Gasteiger partial charge in [0.15, 0.2) is 0 Å². The molecule has 2 aromatic carbocycles. The van der Waals surface area contributed by atoms with Crippen LogP contribution in [0.4, 0.5) is 15.8 Å². The molecule has 1 aromatic heterocycles. The summed E-state index contributed by atoms with van der Waals surface area (Å²) >= 11 is 6.15. The van der Waals surface area contributed by atoms with Crippen molar-refractivity contribution in [2.45, 2.75) is 13.8 Å². The number of carbonyl (C=O) groups excluding carboxylic acids is 1. The monoisotopic (exact) mass is 388 g/mol. The summed E-state index contributed by atoms with van der Waals surface area (Å²) in [4.78, 5) is 16.8. The van der Waals surface area contributed by atoms with Gasteiger partial charge in [-0.05, 0) is 50.2 Å². The Kier molecular flexibility index (Phi) is 5.76. The summed E-state index contributed by atoms with van der Waals surface area (Å²) < 4.78 is 24.1. The highest BCUT2D eigenvalue weighted by atomic mass is 35.5. The SMILES string of the molecule is CCOC(=O)c1cnc2ccc(OCC)cc2c1Nc1ccc(F)cc1Cl. The largest absolute Gasteiger partial charge is 0.494 e. The van der Waals surface area contributed by atoms with Gasteiger partial charge in [-0.25, -0.2) is 9.18 Å². The predicted molar refractivity (Wildman–Crippen MR) is 104 cm³/mol. The number of carbonyl (C=O) groups is 1. The average Bonchev–Trinajstić information content (AvgIpc) is 2.64. The highest BCUT2D eigenvalue weighted by Gasteiger charge is 2.18. The van der Waals surface area contributed by atoms with Crippen LogP contribution in [0.15, 0.2) is 42.6 Å². The molecule has 0 spiro atoms. The van der Waals surface area contributed by atoms with Crippen molar-refractivity contribution in [3.8, 4) is 5.75 Å². The third-order valence-electron chi connectivity index (χ3n) is 3.84. The molecular formula is C20H18ClFN2O3. The van der Waals surface area contributed by atoms with Crippen LogP contribution in [0, 0.1) is 5.82 Å². The van der Waals surface area contributed by atoms with Gasteiger partial charge in [0.05, 0.1) is 35.1 Å². The molecule has 0 aliphatic carbocycles. The predicted octanol–water partition coefficient (Wildman–Crippen LogP) is 5.35. The highest BCUT2D eigenvalue weighted by Crippen LogP contribution is 2.34. The molecule has 140 valence electrons. The minimum atomic E-state index is -0.519. The fourth-order valence-corrected chi connectivity index (χ4v) is 2.87. The van der Waals surface area contributed by atoms with Crippen LogP contribution < -0.4 is 10.1 Å². The van der Waals surface area contributed by atoms with Crippen molar-refractivity contribution in [3.63, 3.8) is 0 Å². The Labute approximate surface area is 161 Å². The van der Waals surface area contributed by atoms with Crippen LogP contribution in [0.5, 0.6) is 5.75 Å². The normalized spacial score (nSPS) is 10.7. The number of hydrogen-bond donors (Lipinski definition) is 1. The maximum atomic E-state index is 13.4. The van der Waals surface area contributed by atoms with E-state index in [1.165, 1.54) is 24.4 Å². The lowest BCUT2D eigenvalue weighted by atomic mass is 10.1. The molecule has 0 amide bonds. The number of esters is 1. The maximum absolute atomic E-state index is 13.4. The minimum Gasteiger partial charge on any atom is -0.494 e. The molecule has 0 unspecified atom stereocenters. The Morgan fingerprint density at radius 1 is 1.19 bits per heavy atom. The van der Waals surface area contributed by atoms with E-state index in [1.54, 1.807) is 25.1 Å². The fraction of sp³-hybridized carbons (Fsp3) is 0.200. The molecule has 0 fully saturated rings. The summed E-state index contributed by atoms with van der Waals surface area (Å²) in [7, 11) is 0. The van der Waals surface area contributed by atoms with Crippen LogP contribution in [0.1, 0.15) is 24.2 Å². The molecular weight excluding hydrogens is 371 g/mol. The molecule has 0 aliphatic rings. The van der Waals surface area contributed by atoms with Gasteiger partial charge < -0.3 is 14.8 Å². The van der Waals surface area contributed by atoms with E-state index in [-0.39, 0.29) is 17.2 Å². The molecule has 0 bridgehead atoms. The number of benzene rings is 2. The van der Waals surface area contributed by atoms with Crippen molar-refractivity contribution in [1.82, 2.24) is 4.98 Å². The van der Waals surface area contributed by atoms with E-state index in [0.717, 1.165) is 0 Å². The smallest absolute Gasteiger partial charge is 0.341 e. The molecule has 5 nitrogen and oxygen atoms in total. The second-order valence-corrected chi connectivity index (χ2v) is 6.04. The lowest BCUT2D eigenvalue weighted by molar-refractivity contribution is 0.0527. The van der Waals surface area contributed by atoms with E-state index in [9.17, 15) is 9.18 Å². The number of halogens is 2. The molecule has 1 N–H and O–H groups in total. The summed E-state index contributed by atoms with van der Waals surface area (Å²) in [5, 5.41) is 3.97. The lowest BCUT2D eigenvalue weighted by Gasteiger charge is -2.16. The molecule has 27 heavy (non-hydrogen) atoms. The third kappa shape index (κ3) is 4.11. The van der Waals surface area contributed by atoms with E-state index in [0.29, 0.717) is 34.6 Å². The lowest BCUT2D eigenvalue weighted by Crippen LogP contribution is -2.09. The zero-order chi connectivity index (χ0) is 19.4. The molecule has 7 heteroatoms. The van der Waals surface area contributed by atoms with Gasteiger partial charge in [-0.2, -0.15) is 0 Å². The van der Waals surface area contributed by atoms with Crippen molar-refractivity contribution < 1.29 is 18.7 Å². The molecule has 0 radical (unpaired) electrons. The topological polar surface area (TPSA) is 60.5 Å². The summed E-state index contributed by atoms with van der Waals surface area (Å²) in [5.41, 5.74) is 1.83. The van der Waals surface area contributed by atoms with Crippen LogP contribution in [-0.4, -0.2) is 24.2 Å². The quantitative estimate of drug-likeness (QED) is 0.577. The maximum Gasteiger partial charge on any atom is 0.341 e. The number of fused-ring (bicyclic) bond motifs is 1. The first-order valence-corrected chi connectivity index (χ1v) is 8.86. The summed E-state index contributed by atoms with van der Waals surface area (Å²) in [6.07, 6.45) is 1.44. The van der Waals surface area contributed by atoms with Crippen LogP contribution in [0.2, 0.25) is 5.02 Å². The molecule has 3 aromatic rings. The van der Waals surface area contributed by atoms with Gasteiger partial charge in [0.2, 0.25) is 0 Å². The Bertz CT molecular complexity index is 994. The van der Waals surface area contributed by atoms with Gasteiger partial charge in [0, 0.05) is 11.6 Å². The number of ether oxygens (including phenoxy) is 2. The average molecular weight is 389 g/mol. The van der Waals surface area contributed by atoms with Crippen molar-refractivity contribution in [2.75, 3.05) is 18.5 Å². The van der Waals surface area contributed by atoms with Crippen LogP contribution in [-0.2, 0) is 4.74 Å². The molecule has 0 atom stereocenters. The number of anilines is 2. The van der Waals surface area contributed by atoms with Crippen LogP contribution >= 0.6 is 11.6 Å². The fourth-order valence-electron chi connectivity index (χ4n) is 2.65. The standard InChI is InChI=1S/C20H18ClFN2O3/c1-3-26-13-6-8-17-14(10-13)19(15(11-23-17)20(25)27-4-2)24-18-7-5-12(22)9-16(18)21/h5-11H,3-4H2,1-2H3,(H,23,24). The Morgan fingerprint density at radius 2 is 2.00 bits per heavy atom. The second kappa shape index (κ2) is 8.22. The van der Waals surface area contributed by atoms with Crippen molar-refractivity contribution in [3.05, 3.63) is 59.0 Å². The van der Waals surface area contributed by atoms with E-state index in [4.69, 9.17) is 21.1 Å². The number of aromatic nitrogens is 1. The number of pyridine rings is 1. The summed E-state index contributed by atoms with van der Waals surface area (Å²) in [6, 6.07) is 9.37. The van der Waals surface area contributed by atoms with Gasteiger partial charge in [-0.15, -0.1) is 0 Å². The van der Waals surface area contributed by atoms with Crippen LogP contribution in [0.25, 0.3) is 10.9 Å². The Balaban J connectivity index is 2.18. The van der Waals surface area contributed by atoms with Gasteiger partial charge in [-0.3, -0.25) is 4.98 Å². The first-order chi connectivity index (χ1) is 13.0. The highest BCUT2D eigenvalue weighted by molar-refractivity contribution is 6.33. The molecule has 0 saturated carbocycles. The summed E-state index contributed by atoms with van der Waals surface area (Å²) in [6.45, 7) is 4.34. The van der Waals surface area contributed by atoms with E-state index in [1.807, 2.05) is 6.92 Å². The molecule has 0 saturated heterocycles. The van der Waals surface area contributed by atoms with E-state index in [2.05, 4.69) is 10.3 Å². The van der Waals surface area contributed by atoms with Crippen molar-refractivity contribution in [2.24, 2.45) is 0 Å². The first kappa shape index (κ1) is 18.9. The first-order valence-electron chi connectivity index (χ1n) is 8.48. The van der Waals surface area contributed by atoms with E-state index >= 15 is 0 Å². The zero-order valence-corrected chi connectivity index (χ0v) is 15.6. The van der Waals surface area contributed by atoms with Crippen molar-refractivity contribution >= 4 is 39.8 Å². The second-order valence-electron chi connectivity index (χ2n) is 5.63. The molecule has 1 heterocycles. The van der Waals surface area contributed by atoms with Gasteiger partial charge >= 0.3 is 5.97 Å². The number of rotatable bonds is 6. The number of hydrogen-bond acceptors (Lipinski definition) is 5. The summed E-state index contributed by atoms with van der Waals surface area (Å²) in [5.74, 6) is -0.329. The van der Waals surface area contributed by atoms with E-state index < -0.39 is 11.8 Å². The van der Waals surface area contributed by atoms with Gasteiger partial charge in [0.1, 0.15) is 17.1 Å². The Morgan fingerprint density at radius 3 is 2.70 bits per heavy atom. The van der Waals surface area contributed by atoms with Crippen LogP contribution in [0.3, 0.4) is 0 Å². The zero-order valence-electron chi connectivity index (χ0n) is 14.9.